The summed E-state index contributed by atoms with van der Waals surface area (Å²) in [6.45, 7) is 1.13. The van der Waals surface area contributed by atoms with Crippen LogP contribution in [0.4, 0.5) is 11.5 Å². The molecular weight excluding hydrogens is 266 g/mol. The number of pyridine rings is 1. The van der Waals surface area contributed by atoms with E-state index in [-0.39, 0.29) is 23.9 Å². The van der Waals surface area contributed by atoms with E-state index in [0.29, 0.717) is 26.1 Å². The maximum Gasteiger partial charge on any atom is 0.311 e. The van der Waals surface area contributed by atoms with Gasteiger partial charge in [-0.3, -0.25) is 10.1 Å². The van der Waals surface area contributed by atoms with Crippen molar-refractivity contribution in [3.8, 4) is 5.88 Å². The largest absolute Gasteiger partial charge is 0.481 e. The molecule has 0 atom stereocenters. The van der Waals surface area contributed by atoms with E-state index in [4.69, 9.17) is 9.47 Å². The summed E-state index contributed by atoms with van der Waals surface area (Å²) in [6.07, 6.45) is 0.968. The number of hydrogen-bond donors (Lipinski definition) is 2. The van der Waals surface area contributed by atoms with Gasteiger partial charge in [0.1, 0.15) is 0 Å². The summed E-state index contributed by atoms with van der Waals surface area (Å²) < 4.78 is 10.1. The lowest BCUT2D eigenvalue weighted by Crippen LogP contribution is -2.42. The maximum absolute atomic E-state index is 11.0. The summed E-state index contributed by atoms with van der Waals surface area (Å²) in [6, 6.07) is 2.74. The fourth-order valence-electron chi connectivity index (χ4n) is 2.00. The minimum Gasteiger partial charge on any atom is -0.481 e. The molecule has 8 heteroatoms. The molecule has 1 aromatic rings. The van der Waals surface area contributed by atoms with Crippen LogP contribution in [0.3, 0.4) is 0 Å². The minimum atomic E-state index is -0.934. The maximum atomic E-state index is 11.0. The van der Waals surface area contributed by atoms with Gasteiger partial charge >= 0.3 is 5.69 Å². The van der Waals surface area contributed by atoms with Crippen LogP contribution in [0.5, 0.6) is 5.88 Å². The fourth-order valence-corrected chi connectivity index (χ4v) is 2.00. The van der Waals surface area contributed by atoms with Gasteiger partial charge in [0.15, 0.2) is 0 Å². The molecule has 0 amide bonds. The normalized spacial score (nSPS) is 17.5. The molecule has 1 aliphatic heterocycles. The van der Waals surface area contributed by atoms with Crippen LogP contribution >= 0.6 is 0 Å². The SMILES string of the molecule is COc1ccc([N+](=O)[O-])c(NCC2(O)CCOCC2)n1. The van der Waals surface area contributed by atoms with Crippen LogP contribution < -0.4 is 10.1 Å². The zero-order chi connectivity index (χ0) is 14.6. The number of nitro groups is 1. The van der Waals surface area contributed by atoms with Crippen molar-refractivity contribution in [1.29, 1.82) is 0 Å². The first-order chi connectivity index (χ1) is 9.54. The molecule has 2 heterocycles. The molecule has 0 spiro atoms. The van der Waals surface area contributed by atoms with Crippen molar-refractivity contribution in [2.45, 2.75) is 18.4 Å². The van der Waals surface area contributed by atoms with Gasteiger partial charge in [-0.05, 0) is 0 Å². The molecule has 0 unspecified atom stereocenters. The Bertz CT molecular complexity index is 488. The molecule has 0 radical (unpaired) electrons. The Balaban J connectivity index is 2.12. The predicted octanol–water partition coefficient (Wildman–Crippen LogP) is 0.952. The number of ether oxygens (including phenoxy) is 2. The number of anilines is 1. The Morgan fingerprint density at radius 3 is 2.85 bits per heavy atom. The number of aromatic nitrogens is 1. The third kappa shape index (κ3) is 3.34. The van der Waals surface area contributed by atoms with Crippen LogP contribution in [0.1, 0.15) is 12.8 Å². The quantitative estimate of drug-likeness (QED) is 0.612. The lowest BCUT2D eigenvalue weighted by atomic mass is 9.94. The minimum absolute atomic E-state index is 0.0919. The first-order valence-electron chi connectivity index (χ1n) is 6.27. The molecule has 110 valence electrons. The van der Waals surface area contributed by atoms with Gasteiger partial charge in [-0.1, -0.05) is 0 Å². The Labute approximate surface area is 115 Å². The lowest BCUT2D eigenvalue weighted by molar-refractivity contribution is -0.384. The monoisotopic (exact) mass is 283 g/mol. The van der Waals surface area contributed by atoms with Gasteiger partial charge in [-0.25, -0.2) is 0 Å². The second-order valence-corrected chi connectivity index (χ2v) is 4.67. The molecular formula is C12H17N3O5. The first kappa shape index (κ1) is 14.5. The highest BCUT2D eigenvalue weighted by Gasteiger charge is 2.30. The Hall–Kier alpha value is -1.93. The van der Waals surface area contributed by atoms with Crippen LogP contribution in [0.2, 0.25) is 0 Å². The number of methoxy groups -OCH3 is 1. The average Bonchev–Trinajstić information content (AvgIpc) is 2.45. The van der Waals surface area contributed by atoms with Crippen LogP contribution in [0.25, 0.3) is 0 Å². The topological polar surface area (TPSA) is 107 Å². The molecule has 1 saturated heterocycles. The molecule has 8 nitrogen and oxygen atoms in total. The molecule has 1 aliphatic rings. The van der Waals surface area contributed by atoms with Crippen LogP contribution in [0.15, 0.2) is 12.1 Å². The van der Waals surface area contributed by atoms with Gasteiger partial charge < -0.3 is 19.9 Å². The molecule has 0 saturated carbocycles. The third-order valence-corrected chi connectivity index (χ3v) is 3.26. The third-order valence-electron chi connectivity index (χ3n) is 3.26. The van der Waals surface area contributed by atoms with Gasteiger partial charge in [0.2, 0.25) is 11.7 Å². The van der Waals surface area contributed by atoms with E-state index in [1.54, 1.807) is 0 Å². The average molecular weight is 283 g/mol. The van der Waals surface area contributed by atoms with E-state index >= 15 is 0 Å². The number of hydrogen-bond acceptors (Lipinski definition) is 7. The Morgan fingerprint density at radius 1 is 1.55 bits per heavy atom. The van der Waals surface area contributed by atoms with Crippen molar-refractivity contribution in [1.82, 2.24) is 4.98 Å². The number of nitrogens with zero attached hydrogens (tertiary/aromatic N) is 2. The van der Waals surface area contributed by atoms with Crippen LogP contribution in [-0.2, 0) is 4.74 Å². The molecule has 1 aromatic heterocycles. The molecule has 20 heavy (non-hydrogen) atoms. The Kier molecular flexibility index (Phi) is 4.35. The van der Waals surface area contributed by atoms with E-state index < -0.39 is 10.5 Å². The van der Waals surface area contributed by atoms with E-state index in [2.05, 4.69) is 10.3 Å². The summed E-state index contributed by atoms with van der Waals surface area (Å²) in [4.78, 5) is 14.4. The smallest absolute Gasteiger partial charge is 0.311 e. The van der Waals surface area contributed by atoms with Crippen molar-refractivity contribution in [2.24, 2.45) is 0 Å². The predicted molar refractivity (Wildman–Crippen MR) is 70.9 cm³/mol. The number of rotatable bonds is 5. The zero-order valence-electron chi connectivity index (χ0n) is 11.2. The van der Waals surface area contributed by atoms with Gasteiger partial charge in [-0.15, -0.1) is 0 Å². The van der Waals surface area contributed by atoms with Gasteiger partial charge in [-0.2, -0.15) is 4.98 Å². The second-order valence-electron chi connectivity index (χ2n) is 4.67. The second kappa shape index (κ2) is 6.02. The zero-order valence-corrected chi connectivity index (χ0v) is 11.2. The fraction of sp³-hybridized carbons (Fsp3) is 0.583. The van der Waals surface area contributed by atoms with Crippen molar-refractivity contribution in [3.63, 3.8) is 0 Å². The van der Waals surface area contributed by atoms with Crippen molar-refractivity contribution < 1.29 is 19.5 Å². The highest BCUT2D eigenvalue weighted by molar-refractivity contribution is 5.57. The van der Waals surface area contributed by atoms with Crippen molar-refractivity contribution in [3.05, 3.63) is 22.2 Å². The van der Waals surface area contributed by atoms with E-state index in [1.165, 1.54) is 19.2 Å². The highest BCUT2D eigenvalue weighted by atomic mass is 16.6. The number of nitrogens with one attached hydrogen (secondary N) is 1. The summed E-state index contributed by atoms with van der Waals surface area (Å²) in [5.74, 6) is 0.367. The molecule has 2 N–H and O–H groups in total. The summed E-state index contributed by atoms with van der Waals surface area (Å²) in [7, 11) is 1.43. The van der Waals surface area contributed by atoms with Crippen molar-refractivity contribution >= 4 is 11.5 Å². The summed E-state index contributed by atoms with van der Waals surface area (Å²) in [5.41, 5.74) is -1.09. The molecule has 0 aliphatic carbocycles. The summed E-state index contributed by atoms with van der Waals surface area (Å²) in [5, 5.41) is 24.1. The molecule has 2 rings (SSSR count). The Morgan fingerprint density at radius 2 is 2.25 bits per heavy atom. The molecule has 1 fully saturated rings. The number of aliphatic hydroxyl groups is 1. The van der Waals surface area contributed by atoms with E-state index in [1.807, 2.05) is 0 Å². The highest BCUT2D eigenvalue weighted by Crippen LogP contribution is 2.27. The van der Waals surface area contributed by atoms with E-state index in [9.17, 15) is 15.2 Å². The molecule has 0 aromatic carbocycles. The van der Waals surface area contributed by atoms with Gasteiger partial charge in [0.05, 0.1) is 17.6 Å². The van der Waals surface area contributed by atoms with Crippen LogP contribution in [0, 0.1) is 10.1 Å². The van der Waals surface area contributed by atoms with Gasteiger partial charge in [0, 0.05) is 44.7 Å². The van der Waals surface area contributed by atoms with Gasteiger partial charge in [0.25, 0.3) is 0 Å². The lowest BCUT2D eigenvalue weighted by Gasteiger charge is -2.32. The van der Waals surface area contributed by atoms with E-state index in [0.717, 1.165) is 0 Å². The standard InChI is InChI=1S/C12H17N3O5/c1-19-10-3-2-9(15(17)18)11(14-10)13-8-12(16)4-6-20-7-5-12/h2-3,16H,4-8H2,1H3,(H,13,14). The summed E-state index contributed by atoms with van der Waals surface area (Å²) >= 11 is 0. The first-order valence-corrected chi connectivity index (χ1v) is 6.27. The molecule has 0 bridgehead atoms. The van der Waals surface area contributed by atoms with Crippen molar-refractivity contribution in [2.75, 3.05) is 32.2 Å². The van der Waals surface area contributed by atoms with Crippen LogP contribution in [-0.4, -0.2) is 47.5 Å².